The first-order valence-electron chi connectivity index (χ1n) is 5.16. The molecule has 4 nitrogen and oxygen atoms in total. The quantitative estimate of drug-likeness (QED) is 0.942. The summed E-state index contributed by atoms with van der Waals surface area (Å²) in [7, 11) is 1.80. The monoisotopic (exact) mass is 293 g/mol. The molecule has 0 aliphatic rings. The van der Waals surface area contributed by atoms with E-state index in [0.717, 1.165) is 10.0 Å². The Kier molecular flexibility index (Phi) is 3.93. The van der Waals surface area contributed by atoms with Gasteiger partial charge in [-0.05, 0) is 21.5 Å². The zero-order chi connectivity index (χ0) is 12.1. The van der Waals surface area contributed by atoms with E-state index >= 15 is 0 Å². The van der Waals surface area contributed by atoms with Crippen LogP contribution >= 0.6 is 15.9 Å². The Bertz CT molecular complexity index is 490. The Morgan fingerprint density at radius 3 is 2.76 bits per heavy atom. The molecule has 1 heterocycles. The van der Waals surface area contributed by atoms with Gasteiger partial charge in [0, 0.05) is 7.05 Å². The highest BCUT2D eigenvalue weighted by molar-refractivity contribution is 9.10. The summed E-state index contributed by atoms with van der Waals surface area (Å²) in [6.45, 7) is 0.464. The molecule has 0 atom stereocenters. The predicted octanol–water partition coefficient (Wildman–Crippen LogP) is 2.86. The summed E-state index contributed by atoms with van der Waals surface area (Å²) in [4.78, 5) is 8.30. The summed E-state index contributed by atoms with van der Waals surface area (Å²) in [6, 6.07) is 10.3. The third-order valence-electron chi connectivity index (χ3n) is 2.17. The molecule has 17 heavy (non-hydrogen) atoms. The van der Waals surface area contributed by atoms with Crippen molar-refractivity contribution in [3.63, 3.8) is 0 Å². The van der Waals surface area contributed by atoms with Crippen LogP contribution in [0.2, 0.25) is 0 Å². The number of rotatable bonds is 4. The Labute approximate surface area is 108 Å². The van der Waals surface area contributed by atoms with Gasteiger partial charge in [-0.2, -0.15) is 4.98 Å². The number of hydrogen-bond donors (Lipinski definition) is 1. The van der Waals surface area contributed by atoms with E-state index in [2.05, 4.69) is 31.2 Å². The van der Waals surface area contributed by atoms with E-state index in [1.165, 1.54) is 0 Å². The molecule has 0 bridgehead atoms. The molecule has 0 amide bonds. The van der Waals surface area contributed by atoms with E-state index in [0.29, 0.717) is 18.4 Å². The summed E-state index contributed by atoms with van der Waals surface area (Å²) in [6.07, 6.45) is 1.67. The Morgan fingerprint density at radius 2 is 2.06 bits per heavy atom. The van der Waals surface area contributed by atoms with Crippen LogP contribution in [-0.4, -0.2) is 17.0 Å². The summed E-state index contributed by atoms with van der Waals surface area (Å²) >= 11 is 3.34. The molecule has 0 fully saturated rings. The number of anilines is 1. The predicted molar refractivity (Wildman–Crippen MR) is 70.1 cm³/mol. The normalized spacial score (nSPS) is 10.0. The molecule has 0 spiro atoms. The van der Waals surface area contributed by atoms with Gasteiger partial charge in [0.15, 0.2) is 0 Å². The zero-order valence-electron chi connectivity index (χ0n) is 9.35. The van der Waals surface area contributed by atoms with Crippen LogP contribution in [0.1, 0.15) is 5.56 Å². The second-order valence-electron chi connectivity index (χ2n) is 3.37. The first-order valence-corrected chi connectivity index (χ1v) is 5.96. The topological polar surface area (TPSA) is 47.0 Å². The van der Waals surface area contributed by atoms with Crippen molar-refractivity contribution in [2.24, 2.45) is 0 Å². The average molecular weight is 294 g/mol. The Hall–Kier alpha value is -1.62. The maximum atomic E-state index is 5.51. The highest BCUT2D eigenvalue weighted by atomic mass is 79.9. The maximum absolute atomic E-state index is 5.51. The molecule has 1 N–H and O–H groups in total. The molecule has 2 aromatic rings. The number of aromatic nitrogens is 2. The highest BCUT2D eigenvalue weighted by Gasteiger charge is 2.04. The molecular weight excluding hydrogens is 282 g/mol. The minimum absolute atomic E-state index is 0.362. The third kappa shape index (κ3) is 3.17. The highest BCUT2D eigenvalue weighted by Crippen LogP contribution is 2.20. The van der Waals surface area contributed by atoms with Gasteiger partial charge in [0.05, 0.1) is 10.7 Å². The number of nitrogens with one attached hydrogen (secondary N) is 1. The van der Waals surface area contributed by atoms with Gasteiger partial charge in [-0.3, -0.25) is 0 Å². The first-order chi connectivity index (χ1) is 8.29. The fourth-order valence-corrected chi connectivity index (χ4v) is 1.71. The number of nitrogens with zero attached hydrogens (tertiary/aromatic N) is 2. The van der Waals surface area contributed by atoms with Gasteiger partial charge in [0.1, 0.15) is 12.4 Å². The fraction of sp³-hybridized carbons (Fsp3) is 0.167. The largest absolute Gasteiger partial charge is 0.459 e. The summed E-state index contributed by atoms with van der Waals surface area (Å²) in [5.74, 6) is 0.711. The standard InChI is InChI=1S/C12H12BrN3O/c1-14-11-10(13)7-15-12(16-11)17-8-9-5-3-2-4-6-9/h2-7H,8H2,1H3,(H,14,15,16). The number of benzene rings is 1. The molecule has 5 heteroatoms. The molecule has 0 unspecified atom stereocenters. The first kappa shape index (κ1) is 11.9. The van der Waals surface area contributed by atoms with Crippen LogP contribution in [0, 0.1) is 0 Å². The molecule has 1 aromatic carbocycles. The molecule has 0 radical (unpaired) electrons. The number of hydrogen-bond acceptors (Lipinski definition) is 4. The van der Waals surface area contributed by atoms with Crippen molar-refractivity contribution < 1.29 is 4.74 Å². The van der Waals surface area contributed by atoms with Crippen LogP contribution in [0.5, 0.6) is 6.01 Å². The van der Waals surface area contributed by atoms with E-state index in [-0.39, 0.29) is 0 Å². The lowest BCUT2D eigenvalue weighted by Crippen LogP contribution is -2.02. The average Bonchev–Trinajstić information content (AvgIpc) is 2.39. The molecule has 0 saturated heterocycles. The van der Waals surface area contributed by atoms with E-state index in [9.17, 15) is 0 Å². The van der Waals surface area contributed by atoms with Crippen LogP contribution in [0.4, 0.5) is 5.82 Å². The lowest BCUT2D eigenvalue weighted by Gasteiger charge is -2.07. The van der Waals surface area contributed by atoms with E-state index < -0.39 is 0 Å². The molecule has 0 saturated carbocycles. The van der Waals surface area contributed by atoms with Gasteiger partial charge in [-0.25, -0.2) is 4.98 Å². The second-order valence-corrected chi connectivity index (χ2v) is 4.23. The van der Waals surface area contributed by atoms with Gasteiger partial charge in [0.2, 0.25) is 0 Å². The number of halogens is 1. The van der Waals surface area contributed by atoms with Crippen molar-refractivity contribution >= 4 is 21.7 Å². The fourth-order valence-electron chi connectivity index (χ4n) is 1.32. The van der Waals surface area contributed by atoms with Crippen molar-refractivity contribution in [1.29, 1.82) is 0 Å². The molecule has 88 valence electrons. The van der Waals surface area contributed by atoms with Crippen LogP contribution in [0.3, 0.4) is 0 Å². The molecular formula is C12H12BrN3O. The van der Waals surface area contributed by atoms with Crippen molar-refractivity contribution in [1.82, 2.24) is 9.97 Å². The van der Waals surface area contributed by atoms with Gasteiger partial charge in [-0.1, -0.05) is 30.3 Å². The van der Waals surface area contributed by atoms with Crippen LogP contribution in [0.15, 0.2) is 41.0 Å². The van der Waals surface area contributed by atoms with Crippen LogP contribution in [-0.2, 0) is 6.61 Å². The lowest BCUT2D eigenvalue weighted by molar-refractivity contribution is 0.281. The minimum atomic E-state index is 0.362. The SMILES string of the molecule is CNc1nc(OCc2ccccc2)ncc1Br. The minimum Gasteiger partial charge on any atom is -0.459 e. The van der Waals surface area contributed by atoms with Crippen molar-refractivity contribution in [3.8, 4) is 6.01 Å². The third-order valence-corrected chi connectivity index (χ3v) is 2.75. The summed E-state index contributed by atoms with van der Waals surface area (Å²) in [5.41, 5.74) is 1.09. The summed E-state index contributed by atoms with van der Waals surface area (Å²) in [5, 5.41) is 2.96. The second kappa shape index (κ2) is 5.63. The molecule has 0 aliphatic heterocycles. The van der Waals surface area contributed by atoms with Gasteiger partial charge in [0.25, 0.3) is 0 Å². The Morgan fingerprint density at radius 1 is 1.29 bits per heavy atom. The molecule has 1 aromatic heterocycles. The van der Waals surface area contributed by atoms with Gasteiger partial charge >= 0.3 is 6.01 Å². The van der Waals surface area contributed by atoms with E-state index in [1.54, 1.807) is 13.2 Å². The molecule has 2 rings (SSSR count). The van der Waals surface area contributed by atoms with Crippen molar-refractivity contribution in [2.75, 3.05) is 12.4 Å². The van der Waals surface area contributed by atoms with E-state index in [4.69, 9.17) is 4.74 Å². The van der Waals surface area contributed by atoms with Crippen LogP contribution < -0.4 is 10.1 Å². The number of ether oxygens (including phenoxy) is 1. The van der Waals surface area contributed by atoms with Crippen molar-refractivity contribution in [3.05, 3.63) is 46.6 Å². The smallest absolute Gasteiger partial charge is 0.318 e. The van der Waals surface area contributed by atoms with E-state index in [1.807, 2.05) is 30.3 Å². The van der Waals surface area contributed by atoms with Gasteiger partial charge < -0.3 is 10.1 Å². The summed E-state index contributed by atoms with van der Waals surface area (Å²) < 4.78 is 6.32. The lowest BCUT2D eigenvalue weighted by atomic mass is 10.2. The van der Waals surface area contributed by atoms with Crippen molar-refractivity contribution in [2.45, 2.75) is 6.61 Å². The maximum Gasteiger partial charge on any atom is 0.318 e. The van der Waals surface area contributed by atoms with Gasteiger partial charge in [-0.15, -0.1) is 0 Å². The zero-order valence-corrected chi connectivity index (χ0v) is 10.9. The Balaban J connectivity index is 2.04. The van der Waals surface area contributed by atoms with Crippen LogP contribution in [0.25, 0.3) is 0 Å². The molecule has 0 aliphatic carbocycles.